The molecular formula is C15H27ClN4OS. The van der Waals surface area contributed by atoms with Crippen molar-refractivity contribution in [3.05, 3.63) is 16.1 Å². The van der Waals surface area contributed by atoms with Crippen LogP contribution in [0.25, 0.3) is 0 Å². The second-order valence-corrected chi connectivity index (χ2v) is 6.97. The van der Waals surface area contributed by atoms with Crippen molar-refractivity contribution in [1.29, 1.82) is 0 Å². The van der Waals surface area contributed by atoms with Gasteiger partial charge >= 0.3 is 0 Å². The zero-order chi connectivity index (χ0) is 15.3. The third-order valence-electron chi connectivity index (χ3n) is 4.45. The van der Waals surface area contributed by atoms with Crippen LogP contribution in [0.3, 0.4) is 0 Å². The van der Waals surface area contributed by atoms with E-state index in [0.717, 1.165) is 24.3 Å². The Balaban J connectivity index is 0.00000242. The standard InChI is InChI=1S/C15H26N4OS.ClH/c1-19(2)15(7-4-3-5-8-15)11-17-14(20)12-10-21-13(18-12)6-9-16;/h10H,3-9,11,16H2,1-2H3,(H,17,20);1H. The van der Waals surface area contributed by atoms with Gasteiger partial charge in [-0.3, -0.25) is 4.79 Å². The molecule has 1 aliphatic carbocycles. The van der Waals surface area contributed by atoms with Gasteiger partial charge in [-0.25, -0.2) is 4.98 Å². The molecule has 2 rings (SSSR count). The summed E-state index contributed by atoms with van der Waals surface area (Å²) in [5.41, 5.74) is 6.14. The van der Waals surface area contributed by atoms with Crippen LogP contribution in [0.2, 0.25) is 0 Å². The highest BCUT2D eigenvalue weighted by Crippen LogP contribution is 2.31. The van der Waals surface area contributed by atoms with E-state index in [9.17, 15) is 4.79 Å². The molecule has 0 aliphatic heterocycles. The van der Waals surface area contributed by atoms with Crippen LogP contribution in [0.4, 0.5) is 0 Å². The van der Waals surface area contributed by atoms with Gasteiger partial charge in [-0.05, 0) is 33.5 Å². The molecule has 126 valence electrons. The average Bonchev–Trinajstić information content (AvgIpc) is 2.95. The number of hydrogen-bond donors (Lipinski definition) is 2. The van der Waals surface area contributed by atoms with Gasteiger partial charge in [0.25, 0.3) is 5.91 Å². The molecule has 0 bridgehead atoms. The quantitative estimate of drug-likeness (QED) is 0.827. The number of rotatable bonds is 6. The zero-order valence-electron chi connectivity index (χ0n) is 13.4. The highest BCUT2D eigenvalue weighted by atomic mass is 35.5. The number of carbonyl (C=O) groups excluding carboxylic acids is 1. The van der Waals surface area contributed by atoms with Crippen LogP contribution in [0.15, 0.2) is 5.38 Å². The second-order valence-electron chi connectivity index (χ2n) is 6.03. The Morgan fingerprint density at radius 3 is 2.68 bits per heavy atom. The Labute approximate surface area is 143 Å². The third kappa shape index (κ3) is 4.65. The highest BCUT2D eigenvalue weighted by Gasteiger charge is 2.34. The van der Waals surface area contributed by atoms with Crippen molar-refractivity contribution in [3.8, 4) is 0 Å². The summed E-state index contributed by atoms with van der Waals surface area (Å²) < 4.78 is 0. The van der Waals surface area contributed by atoms with Crippen LogP contribution in [0.5, 0.6) is 0 Å². The number of nitrogens with one attached hydrogen (secondary N) is 1. The van der Waals surface area contributed by atoms with Crippen molar-refractivity contribution >= 4 is 29.7 Å². The lowest BCUT2D eigenvalue weighted by atomic mass is 9.80. The number of thiazole rings is 1. The highest BCUT2D eigenvalue weighted by molar-refractivity contribution is 7.09. The molecular weight excluding hydrogens is 320 g/mol. The number of nitrogens with zero attached hydrogens (tertiary/aromatic N) is 2. The first-order valence-corrected chi connectivity index (χ1v) is 8.55. The molecule has 1 aromatic heterocycles. The van der Waals surface area contributed by atoms with E-state index in [0.29, 0.717) is 18.8 Å². The summed E-state index contributed by atoms with van der Waals surface area (Å²) in [6, 6.07) is 0. The Hall–Kier alpha value is -0.690. The molecule has 3 N–H and O–H groups in total. The number of halogens is 1. The maximum atomic E-state index is 12.3. The lowest BCUT2D eigenvalue weighted by Gasteiger charge is -2.43. The maximum absolute atomic E-state index is 12.3. The summed E-state index contributed by atoms with van der Waals surface area (Å²) in [5.74, 6) is -0.0682. The predicted molar refractivity (Wildman–Crippen MR) is 94.0 cm³/mol. The number of likely N-dealkylation sites (N-methyl/N-ethyl adjacent to an activating group) is 1. The van der Waals surface area contributed by atoms with Gasteiger partial charge in [0.15, 0.2) is 0 Å². The molecule has 1 fully saturated rings. The normalized spacial score (nSPS) is 17.1. The van der Waals surface area contributed by atoms with Crippen molar-refractivity contribution in [1.82, 2.24) is 15.2 Å². The number of carbonyl (C=O) groups is 1. The lowest BCUT2D eigenvalue weighted by Crippen LogP contribution is -2.53. The van der Waals surface area contributed by atoms with E-state index < -0.39 is 0 Å². The zero-order valence-corrected chi connectivity index (χ0v) is 15.1. The van der Waals surface area contributed by atoms with E-state index in [1.807, 2.05) is 5.38 Å². The van der Waals surface area contributed by atoms with Crippen LogP contribution < -0.4 is 11.1 Å². The Morgan fingerprint density at radius 2 is 2.09 bits per heavy atom. The molecule has 1 amide bonds. The molecule has 0 aromatic carbocycles. The Morgan fingerprint density at radius 1 is 1.41 bits per heavy atom. The van der Waals surface area contributed by atoms with Gasteiger partial charge in [0, 0.05) is 23.9 Å². The van der Waals surface area contributed by atoms with Gasteiger partial charge in [0.05, 0.1) is 5.01 Å². The smallest absolute Gasteiger partial charge is 0.270 e. The fraction of sp³-hybridized carbons (Fsp3) is 0.733. The van der Waals surface area contributed by atoms with Crippen LogP contribution in [-0.2, 0) is 6.42 Å². The molecule has 0 unspecified atom stereocenters. The largest absolute Gasteiger partial charge is 0.349 e. The Kier molecular flexibility index (Phi) is 7.76. The molecule has 1 heterocycles. The molecule has 7 heteroatoms. The van der Waals surface area contributed by atoms with Gasteiger partial charge < -0.3 is 16.0 Å². The first-order valence-electron chi connectivity index (χ1n) is 7.67. The number of hydrogen-bond acceptors (Lipinski definition) is 5. The summed E-state index contributed by atoms with van der Waals surface area (Å²) >= 11 is 1.51. The molecule has 0 atom stereocenters. The lowest BCUT2D eigenvalue weighted by molar-refractivity contribution is 0.0796. The minimum atomic E-state index is -0.0682. The summed E-state index contributed by atoms with van der Waals surface area (Å²) in [6.45, 7) is 1.26. The topological polar surface area (TPSA) is 71.2 Å². The van der Waals surface area contributed by atoms with E-state index >= 15 is 0 Å². The number of nitrogens with two attached hydrogens (primary N) is 1. The van der Waals surface area contributed by atoms with Crippen molar-refractivity contribution in [2.45, 2.75) is 44.1 Å². The van der Waals surface area contributed by atoms with Crippen molar-refractivity contribution in [2.24, 2.45) is 5.73 Å². The van der Waals surface area contributed by atoms with Gasteiger partial charge in [-0.2, -0.15) is 0 Å². The second kappa shape index (κ2) is 8.82. The minimum absolute atomic E-state index is 0. The van der Waals surface area contributed by atoms with E-state index in [-0.39, 0.29) is 23.9 Å². The van der Waals surface area contributed by atoms with Crippen LogP contribution >= 0.6 is 23.7 Å². The van der Waals surface area contributed by atoms with Gasteiger partial charge in [-0.1, -0.05) is 19.3 Å². The first-order chi connectivity index (χ1) is 10.1. The first kappa shape index (κ1) is 19.4. The molecule has 0 radical (unpaired) electrons. The number of amides is 1. The summed E-state index contributed by atoms with van der Waals surface area (Å²) in [5, 5.41) is 5.83. The maximum Gasteiger partial charge on any atom is 0.270 e. The summed E-state index contributed by atoms with van der Waals surface area (Å²) in [6.07, 6.45) is 6.82. The van der Waals surface area contributed by atoms with Gasteiger partial charge in [0.1, 0.15) is 5.69 Å². The predicted octanol–water partition coefficient (Wildman–Crippen LogP) is 2.06. The Bertz CT molecular complexity index is 472. The van der Waals surface area contributed by atoms with Crippen molar-refractivity contribution < 1.29 is 4.79 Å². The van der Waals surface area contributed by atoms with E-state index in [4.69, 9.17) is 5.73 Å². The molecule has 5 nitrogen and oxygen atoms in total. The summed E-state index contributed by atoms with van der Waals surface area (Å²) in [7, 11) is 4.22. The SMILES string of the molecule is CN(C)C1(CNC(=O)c2csc(CCN)n2)CCCCC1.Cl. The molecule has 1 aromatic rings. The third-order valence-corrected chi connectivity index (χ3v) is 5.36. The monoisotopic (exact) mass is 346 g/mol. The average molecular weight is 347 g/mol. The van der Waals surface area contributed by atoms with E-state index in [1.54, 1.807) is 0 Å². The van der Waals surface area contributed by atoms with Crippen LogP contribution in [-0.4, -0.2) is 48.5 Å². The fourth-order valence-corrected chi connectivity index (χ4v) is 3.78. The number of aromatic nitrogens is 1. The van der Waals surface area contributed by atoms with E-state index in [1.165, 1.54) is 30.6 Å². The molecule has 0 saturated heterocycles. The molecule has 0 spiro atoms. The molecule has 1 saturated carbocycles. The summed E-state index contributed by atoms with van der Waals surface area (Å²) in [4.78, 5) is 18.9. The molecule has 1 aliphatic rings. The molecule has 22 heavy (non-hydrogen) atoms. The van der Waals surface area contributed by atoms with Crippen LogP contribution in [0.1, 0.15) is 47.6 Å². The van der Waals surface area contributed by atoms with Crippen molar-refractivity contribution in [2.75, 3.05) is 27.2 Å². The minimum Gasteiger partial charge on any atom is -0.349 e. The van der Waals surface area contributed by atoms with Crippen molar-refractivity contribution in [3.63, 3.8) is 0 Å². The van der Waals surface area contributed by atoms with Crippen LogP contribution in [0, 0.1) is 0 Å². The fourth-order valence-electron chi connectivity index (χ4n) is 2.98. The van der Waals surface area contributed by atoms with E-state index in [2.05, 4.69) is 29.3 Å². The van der Waals surface area contributed by atoms with Gasteiger partial charge in [-0.15, -0.1) is 23.7 Å². The van der Waals surface area contributed by atoms with Gasteiger partial charge in [0.2, 0.25) is 0 Å².